The lowest BCUT2D eigenvalue weighted by atomic mass is 10.2. The smallest absolute Gasteiger partial charge is 0.275 e. The molecule has 0 amide bonds. The van der Waals surface area contributed by atoms with Gasteiger partial charge in [0, 0.05) is 16.7 Å². The van der Waals surface area contributed by atoms with E-state index in [1.54, 1.807) is 36.4 Å². The Labute approximate surface area is 181 Å². The molecule has 2 aromatic carbocycles. The van der Waals surface area contributed by atoms with Crippen molar-refractivity contribution < 1.29 is 8.42 Å². The highest BCUT2D eigenvalue weighted by Gasteiger charge is 2.16. The Kier molecular flexibility index (Phi) is 5.63. The summed E-state index contributed by atoms with van der Waals surface area (Å²) in [5.41, 5.74) is 1.86. The zero-order chi connectivity index (χ0) is 21.3. The summed E-state index contributed by atoms with van der Waals surface area (Å²) >= 11 is 2.76. The van der Waals surface area contributed by atoms with Gasteiger partial charge in [-0.05, 0) is 38.1 Å². The summed E-state index contributed by atoms with van der Waals surface area (Å²) < 4.78 is 29.5. The number of nitrogens with zero attached hydrogens (tertiary/aromatic N) is 3. The number of hydrogen-bond acceptors (Lipinski definition) is 7. The molecule has 2 heterocycles. The van der Waals surface area contributed by atoms with E-state index in [0.29, 0.717) is 22.1 Å². The highest BCUT2D eigenvalue weighted by molar-refractivity contribution is 7.98. The zero-order valence-corrected chi connectivity index (χ0v) is 18.6. The lowest BCUT2D eigenvalue weighted by Crippen LogP contribution is -2.15. The van der Waals surface area contributed by atoms with Gasteiger partial charge in [0.2, 0.25) is 4.96 Å². The van der Waals surface area contributed by atoms with E-state index in [2.05, 4.69) is 14.8 Å². The van der Waals surface area contributed by atoms with E-state index in [4.69, 9.17) is 0 Å². The number of sulfonamides is 1. The average molecular weight is 459 g/mol. The number of hydrogen-bond donors (Lipinski definition) is 1. The van der Waals surface area contributed by atoms with Gasteiger partial charge in [0.25, 0.3) is 15.6 Å². The molecular formula is C20H18N4O3S3. The summed E-state index contributed by atoms with van der Waals surface area (Å²) in [6, 6.07) is 15.3. The molecule has 0 spiro atoms. The SMILES string of the molecule is Cc1ccc(S(=O)(=O)Nc2ccccc2SCc2cc(=O)n3nc(C)sc3n2)cc1. The number of aromatic nitrogens is 3. The van der Waals surface area contributed by atoms with Crippen molar-refractivity contribution in [3.8, 4) is 0 Å². The molecule has 1 N–H and O–H groups in total. The summed E-state index contributed by atoms with van der Waals surface area (Å²) in [7, 11) is -3.71. The average Bonchev–Trinajstić information content (AvgIpc) is 3.08. The van der Waals surface area contributed by atoms with E-state index in [1.165, 1.54) is 33.7 Å². The Hall–Kier alpha value is -2.69. The molecule has 4 rings (SSSR count). The van der Waals surface area contributed by atoms with Crippen molar-refractivity contribution in [1.82, 2.24) is 14.6 Å². The van der Waals surface area contributed by atoms with Gasteiger partial charge in [-0.3, -0.25) is 9.52 Å². The molecule has 0 saturated heterocycles. The third-order valence-corrected chi connectivity index (χ3v) is 7.55. The largest absolute Gasteiger partial charge is 0.278 e. The lowest BCUT2D eigenvalue weighted by molar-refractivity contribution is 0.601. The van der Waals surface area contributed by atoms with Gasteiger partial charge in [0.1, 0.15) is 5.01 Å². The van der Waals surface area contributed by atoms with Crippen LogP contribution in [0.2, 0.25) is 0 Å². The van der Waals surface area contributed by atoms with Gasteiger partial charge in [-0.2, -0.15) is 9.61 Å². The predicted octanol–water partition coefficient (Wildman–Crippen LogP) is 3.86. The molecule has 30 heavy (non-hydrogen) atoms. The van der Waals surface area contributed by atoms with Gasteiger partial charge in [-0.25, -0.2) is 13.4 Å². The third-order valence-electron chi connectivity index (χ3n) is 4.24. The van der Waals surface area contributed by atoms with E-state index in [-0.39, 0.29) is 10.5 Å². The van der Waals surface area contributed by atoms with Crippen LogP contribution < -0.4 is 10.3 Å². The molecule has 0 saturated carbocycles. The second-order valence-corrected chi connectivity index (χ2v) is 10.5. The number of rotatable bonds is 6. The fourth-order valence-corrected chi connectivity index (χ4v) is 5.59. The van der Waals surface area contributed by atoms with Crippen molar-refractivity contribution in [2.45, 2.75) is 29.4 Å². The Morgan fingerprint density at radius 2 is 1.83 bits per heavy atom. The van der Waals surface area contributed by atoms with Gasteiger partial charge >= 0.3 is 0 Å². The molecule has 154 valence electrons. The van der Waals surface area contributed by atoms with Crippen molar-refractivity contribution in [3.05, 3.63) is 81.2 Å². The van der Waals surface area contributed by atoms with Crippen LogP contribution in [0.3, 0.4) is 0 Å². The van der Waals surface area contributed by atoms with Crippen LogP contribution in [0.1, 0.15) is 16.3 Å². The molecular weight excluding hydrogens is 440 g/mol. The van der Waals surface area contributed by atoms with Crippen molar-refractivity contribution in [2.75, 3.05) is 4.72 Å². The van der Waals surface area contributed by atoms with E-state index in [1.807, 2.05) is 26.0 Å². The van der Waals surface area contributed by atoms with E-state index >= 15 is 0 Å². The van der Waals surface area contributed by atoms with Gasteiger partial charge in [-0.1, -0.05) is 41.2 Å². The van der Waals surface area contributed by atoms with Crippen LogP contribution in [0, 0.1) is 13.8 Å². The Balaban J connectivity index is 1.56. The highest BCUT2D eigenvalue weighted by atomic mass is 32.2. The molecule has 0 aliphatic carbocycles. The number of para-hydroxylation sites is 1. The predicted molar refractivity (Wildman–Crippen MR) is 120 cm³/mol. The minimum Gasteiger partial charge on any atom is -0.278 e. The van der Waals surface area contributed by atoms with Gasteiger partial charge in [-0.15, -0.1) is 11.8 Å². The standard InChI is InChI=1S/C20H18N4O3S3/c1-13-7-9-16(10-8-13)30(26,27)23-17-5-3-4-6-18(17)28-12-15-11-19(25)24-20(21-15)29-14(2)22-24/h3-11,23H,12H2,1-2H3. The second kappa shape index (κ2) is 8.21. The van der Waals surface area contributed by atoms with Crippen molar-refractivity contribution in [1.29, 1.82) is 0 Å². The molecule has 0 radical (unpaired) electrons. The first-order valence-electron chi connectivity index (χ1n) is 8.99. The maximum atomic E-state index is 12.8. The van der Waals surface area contributed by atoms with Crippen LogP contribution in [-0.4, -0.2) is 23.0 Å². The van der Waals surface area contributed by atoms with Gasteiger partial charge in [0.15, 0.2) is 0 Å². The Bertz CT molecular complexity index is 1380. The first-order chi connectivity index (χ1) is 14.3. The molecule has 7 nitrogen and oxygen atoms in total. The fraction of sp³-hybridized carbons (Fsp3) is 0.150. The third kappa shape index (κ3) is 4.40. The molecule has 0 fully saturated rings. The molecule has 0 unspecified atom stereocenters. The van der Waals surface area contributed by atoms with Crippen LogP contribution >= 0.6 is 23.1 Å². The maximum absolute atomic E-state index is 12.8. The highest BCUT2D eigenvalue weighted by Crippen LogP contribution is 2.31. The minimum atomic E-state index is -3.71. The van der Waals surface area contributed by atoms with Gasteiger partial charge in [0.05, 0.1) is 16.3 Å². The molecule has 10 heteroatoms. The van der Waals surface area contributed by atoms with Crippen molar-refractivity contribution in [3.63, 3.8) is 0 Å². The molecule has 0 aliphatic rings. The second-order valence-electron chi connectivity index (χ2n) is 6.60. The summed E-state index contributed by atoms with van der Waals surface area (Å²) in [4.78, 5) is 18.2. The number of nitrogens with one attached hydrogen (secondary N) is 1. The van der Waals surface area contributed by atoms with Gasteiger partial charge < -0.3 is 0 Å². The van der Waals surface area contributed by atoms with Crippen molar-refractivity contribution >= 4 is 43.8 Å². The van der Waals surface area contributed by atoms with E-state index in [9.17, 15) is 13.2 Å². The number of anilines is 1. The van der Waals surface area contributed by atoms with Crippen LogP contribution in [0.25, 0.3) is 4.96 Å². The van der Waals surface area contributed by atoms with Crippen LogP contribution in [0.4, 0.5) is 5.69 Å². The first kappa shape index (κ1) is 20.6. The number of aryl methyl sites for hydroxylation is 2. The Morgan fingerprint density at radius 3 is 2.60 bits per heavy atom. The van der Waals surface area contributed by atoms with E-state index < -0.39 is 10.0 Å². The monoisotopic (exact) mass is 458 g/mol. The molecule has 2 aromatic heterocycles. The molecule has 0 atom stereocenters. The molecule has 4 aromatic rings. The maximum Gasteiger partial charge on any atom is 0.275 e. The number of thioether (sulfide) groups is 1. The van der Waals surface area contributed by atoms with Crippen LogP contribution in [-0.2, 0) is 15.8 Å². The van der Waals surface area contributed by atoms with Crippen molar-refractivity contribution in [2.24, 2.45) is 0 Å². The number of benzene rings is 2. The zero-order valence-electron chi connectivity index (χ0n) is 16.2. The summed E-state index contributed by atoms with van der Waals surface area (Å²) in [5.74, 6) is 0.423. The topological polar surface area (TPSA) is 93.4 Å². The van der Waals surface area contributed by atoms with E-state index in [0.717, 1.165) is 15.5 Å². The summed E-state index contributed by atoms with van der Waals surface area (Å²) in [6.45, 7) is 3.73. The lowest BCUT2D eigenvalue weighted by Gasteiger charge is -2.12. The number of fused-ring (bicyclic) bond motifs is 1. The Morgan fingerprint density at radius 1 is 1.10 bits per heavy atom. The minimum absolute atomic E-state index is 0.202. The quantitative estimate of drug-likeness (QED) is 0.441. The van der Waals surface area contributed by atoms with Crippen LogP contribution in [0.5, 0.6) is 0 Å². The molecule has 0 aliphatic heterocycles. The van der Waals surface area contributed by atoms with Crippen LogP contribution in [0.15, 0.2) is 69.2 Å². The summed E-state index contributed by atoms with van der Waals surface area (Å²) in [6.07, 6.45) is 0. The molecule has 0 bridgehead atoms. The summed E-state index contributed by atoms with van der Waals surface area (Å²) in [5, 5.41) is 4.90. The normalized spacial score (nSPS) is 11.7. The first-order valence-corrected chi connectivity index (χ1v) is 12.3. The fourth-order valence-electron chi connectivity index (χ4n) is 2.78.